The Morgan fingerprint density at radius 2 is 1.69 bits per heavy atom. The average Bonchev–Trinajstić information content (AvgIpc) is 3.52. The molecule has 0 saturated heterocycles. The number of fused-ring (bicyclic) bond motifs is 1. The van der Waals surface area contributed by atoms with Gasteiger partial charge < -0.3 is 30.2 Å². The van der Waals surface area contributed by atoms with Crippen molar-refractivity contribution in [1.82, 2.24) is 5.32 Å². The first kappa shape index (κ1) is 39.9. The number of hydrogen-bond acceptors (Lipinski definition) is 9. The maximum Gasteiger partial charge on any atom is 0.272 e. The van der Waals surface area contributed by atoms with Gasteiger partial charge >= 0.3 is 0 Å². The minimum Gasteiger partial charge on any atom is -0.493 e. The van der Waals surface area contributed by atoms with Crippen LogP contribution in [0.2, 0.25) is 0 Å². The number of anilines is 2. The van der Waals surface area contributed by atoms with E-state index in [0.717, 1.165) is 29.7 Å². The summed E-state index contributed by atoms with van der Waals surface area (Å²) < 4.78 is 16.4. The summed E-state index contributed by atoms with van der Waals surface area (Å²) >= 11 is 2.90. The van der Waals surface area contributed by atoms with Gasteiger partial charge in [0, 0.05) is 21.0 Å². The van der Waals surface area contributed by atoms with E-state index in [1.165, 1.54) is 55.4 Å². The van der Waals surface area contributed by atoms with Crippen molar-refractivity contribution in [3.63, 3.8) is 0 Å². The number of carbonyl (C=O) groups excluding carboxylic acids is 3. The van der Waals surface area contributed by atoms with E-state index in [-0.39, 0.29) is 17.0 Å². The first-order valence-corrected chi connectivity index (χ1v) is 19.4. The number of nitrogens with zero attached hydrogens (tertiary/aromatic N) is 1. The van der Waals surface area contributed by atoms with E-state index >= 15 is 0 Å². The lowest BCUT2D eigenvalue weighted by molar-refractivity contribution is -0.116. The first-order valence-electron chi connectivity index (χ1n) is 17.7. The summed E-state index contributed by atoms with van der Waals surface area (Å²) in [4.78, 5) is 42.7. The van der Waals surface area contributed by atoms with Crippen LogP contribution >= 0.6 is 23.1 Å². The molecule has 0 radical (unpaired) electrons. The Hall–Kier alpha value is -5.25. The molecule has 2 atom stereocenters. The van der Waals surface area contributed by atoms with E-state index in [1.54, 1.807) is 60.7 Å². The van der Waals surface area contributed by atoms with Crippen LogP contribution in [0.3, 0.4) is 0 Å². The molecule has 0 saturated carbocycles. The first-order chi connectivity index (χ1) is 25.9. The molecule has 1 aliphatic rings. The van der Waals surface area contributed by atoms with Gasteiger partial charge in [-0.15, -0.1) is 23.1 Å². The molecular formula is C42H46N4O6S2. The van der Waals surface area contributed by atoms with E-state index in [0.29, 0.717) is 57.0 Å². The number of hydrogen-bond donors (Lipinski definition) is 3. The summed E-state index contributed by atoms with van der Waals surface area (Å²) in [5.74, 6) is 0.454. The number of benzene rings is 3. The molecular weight excluding hydrogens is 721 g/mol. The molecule has 1 aromatic heterocycles. The molecule has 4 aromatic rings. The minimum atomic E-state index is -0.570. The smallest absolute Gasteiger partial charge is 0.272 e. The Bertz CT molecular complexity index is 2060. The third-order valence-corrected chi connectivity index (χ3v) is 11.9. The summed E-state index contributed by atoms with van der Waals surface area (Å²) in [6.45, 7) is 8.71. The van der Waals surface area contributed by atoms with Crippen molar-refractivity contribution in [2.75, 3.05) is 32.0 Å². The number of nitrogens with one attached hydrogen (secondary N) is 3. The van der Waals surface area contributed by atoms with Crippen molar-refractivity contribution < 1.29 is 28.6 Å². The van der Waals surface area contributed by atoms with Gasteiger partial charge in [0.1, 0.15) is 16.8 Å². The highest BCUT2D eigenvalue weighted by Gasteiger charge is 2.33. The normalized spacial score (nSPS) is 14.6. The van der Waals surface area contributed by atoms with Gasteiger partial charge in [0.25, 0.3) is 11.8 Å². The van der Waals surface area contributed by atoms with Crippen LogP contribution in [0, 0.1) is 22.7 Å². The Balaban J connectivity index is 1.35. The quantitative estimate of drug-likeness (QED) is 0.0908. The zero-order valence-electron chi connectivity index (χ0n) is 31.6. The fourth-order valence-corrected chi connectivity index (χ4v) is 8.64. The van der Waals surface area contributed by atoms with Crippen LogP contribution < -0.4 is 30.2 Å². The Morgan fingerprint density at radius 1 is 0.981 bits per heavy atom. The number of nitriles is 1. The SMILES string of the molecule is CCC(Sc1cccc(NC(=O)/C(=C\c2cc(OC)c(OC)c(OC)c2)NC(=O)c2ccccc2)c1)C(=O)Nc1sc2c(c1C#N)CCC(C(C)(C)C)C2. The van der Waals surface area contributed by atoms with Gasteiger partial charge in [-0.2, -0.15) is 5.26 Å². The van der Waals surface area contributed by atoms with Crippen molar-refractivity contribution in [1.29, 1.82) is 5.26 Å². The molecule has 12 heteroatoms. The van der Waals surface area contributed by atoms with E-state index in [9.17, 15) is 19.6 Å². The molecule has 1 heterocycles. The molecule has 3 aromatic carbocycles. The van der Waals surface area contributed by atoms with Gasteiger partial charge in [-0.25, -0.2) is 0 Å². The number of thiophene rings is 1. The Kier molecular flexibility index (Phi) is 13.1. The number of ether oxygens (including phenoxy) is 3. The highest BCUT2D eigenvalue weighted by atomic mass is 32.2. The lowest BCUT2D eigenvalue weighted by atomic mass is 9.72. The number of rotatable bonds is 13. The van der Waals surface area contributed by atoms with Crippen LogP contribution in [0.4, 0.5) is 10.7 Å². The summed E-state index contributed by atoms with van der Waals surface area (Å²) in [6, 6.07) is 21.5. The van der Waals surface area contributed by atoms with Gasteiger partial charge in [0.15, 0.2) is 11.5 Å². The molecule has 2 unspecified atom stereocenters. The zero-order valence-corrected chi connectivity index (χ0v) is 33.3. The highest BCUT2D eigenvalue weighted by Crippen LogP contribution is 2.44. The van der Waals surface area contributed by atoms with Gasteiger partial charge in [-0.3, -0.25) is 14.4 Å². The Morgan fingerprint density at radius 3 is 2.30 bits per heavy atom. The van der Waals surface area contributed by atoms with Crippen LogP contribution in [0.5, 0.6) is 17.2 Å². The highest BCUT2D eigenvalue weighted by molar-refractivity contribution is 8.00. The molecule has 10 nitrogen and oxygen atoms in total. The zero-order chi connectivity index (χ0) is 39.0. The fourth-order valence-electron chi connectivity index (χ4n) is 6.35. The number of carbonyl (C=O) groups is 3. The molecule has 0 bridgehead atoms. The second-order valence-corrected chi connectivity index (χ2v) is 16.3. The third-order valence-electron chi connectivity index (χ3n) is 9.40. The largest absolute Gasteiger partial charge is 0.493 e. The predicted octanol–water partition coefficient (Wildman–Crippen LogP) is 8.72. The van der Waals surface area contributed by atoms with Crippen LogP contribution in [0.25, 0.3) is 6.08 Å². The second kappa shape index (κ2) is 17.7. The lowest BCUT2D eigenvalue weighted by Crippen LogP contribution is -2.30. The van der Waals surface area contributed by atoms with Gasteiger partial charge in [-0.1, -0.05) is 52.0 Å². The van der Waals surface area contributed by atoms with E-state index in [2.05, 4.69) is 42.8 Å². The maximum absolute atomic E-state index is 13.9. The maximum atomic E-state index is 13.9. The summed E-state index contributed by atoms with van der Waals surface area (Å²) in [6.07, 6.45) is 4.84. The van der Waals surface area contributed by atoms with Gasteiger partial charge in [0.05, 0.1) is 32.1 Å². The molecule has 282 valence electrons. The number of methoxy groups -OCH3 is 3. The van der Waals surface area contributed by atoms with E-state index in [4.69, 9.17) is 14.2 Å². The van der Waals surface area contributed by atoms with E-state index < -0.39 is 17.1 Å². The molecule has 5 rings (SSSR count). The molecule has 0 fully saturated rings. The molecule has 0 spiro atoms. The topological polar surface area (TPSA) is 139 Å². The molecule has 0 aliphatic heterocycles. The van der Waals surface area contributed by atoms with E-state index in [1.807, 2.05) is 13.0 Å². The van der Waals surface area contributed by atoms with Crippen LogP contribution in [0.15, 0.2) is 77.3 Å². The third kappa shape index (κ3) is 9.45. The van der Waals surface area contributed by atoms with Crippen molar-refractivity contribution in [3.8, 4) is 23.3 Å². The molecule has 1 aliphatic carbocycles. The minimum absolute atomic E-state index is 0.0252. The summed E-state index contributed by atoms with van der Waals surface area (Å²) in [7, 11) is 4.49. The van der Waals surface area contributed by atoms with Gasteiger partial charge in [0.2, 0.25) is 11.7 Å². The van der Waals surface area contributed by atoms with Gasteiger partial charge in [-0.05, 0) is 96.7 Å². The predicted molar refractivity (Wildman–Crippen MR) is 216 cm³/mol. The molecule has 3 N–H and O–H groups in total. The van der Waals surface area contributed by atoms with Crippen LogP contribution in [-0.4, -0.2) is 44.3 Å². The number of amides is 3. The number of thioether (sulfide) groups is 1. The lowest BCUT2D eigenvalue weighted by Gasteiger charge is -2.33. The standard InChI is InChI=1S/C42H46N4O6S2/c1-8-35(40(49)46-41-31(24-43)30-18-17-27(42(2,3)4)22-36(30)54-41)53-29-16-12-15-28(23-29)44-39(48)32(45-38(47)26-13-10-9-11-14-26)19-25-20-33(50-5)37(52-7)34(21-25)51-6/h9-16,19-21,23,27,35H,8,17-18,22H2,1-7H3,(H,44,48)(H,45,47)(H,46,49)/b32-19+. The van der Waals surface area contributed by atoms with Crippen molar-refractivity contribution >= 4 is 57.6 Å². The summed E-state index contributed by atoms with van der Waals surface area (Å²) in [5, 5.41) is 18.9. The monoisotopic (exact) mass is 766 g/mol. The molecule has 3 amide bonds. The Labute approximate surface area is 325 Å². The van der Waals surface area contributed by atoms with Crippen molar-refractivity contribution in [2.24, 2.45) is 11.3 Å². The fraction of sp³-hybridized carbons (Fsp3) is 0.333. The summed E-state index contributed by atoms with van der Waals surface area (Å²) in [5.41, 5.74) is 3.16. The van der Waals surface area contributed by atoms with Crippen LogP contribution in [0.1, 0.15) is 72.5 Å². The van der Waals surface area contributed by atoms with Crippen molar-refractivity contribution in [3.05, 3.63) is 99.6 Å². The second-order valence-electron chi connectivity index (χ2n) is 13.9. The van der Waals surface area contributed by atoms with Crippen molar-refractivity contribution in [2.45, 2.75) is 63.5 Å². The average molecular weight is 767 g/mol. The molecule has 54 heavy (non-hydrogen) atoms. The van der Waals surface area contributed by atoms with Crippen LogP contribution in [-0.2, 0) is 22.4 Å².